The van der Waals surface area contributed by atoms with Crippen LogP contribution in [-0.4, -0.2) is 21.8 Å². The van der Waals surface area contributed by atoms with E-state index < -0.39 is 23.1 Å². The van der Waals surface area contributed by atoms with Crippen LogP contribution in [0.15, 0.2) is 30.3 Å². The van der Waals surface area contributed by atoms with Gasteiger partial charge in [0.25, 0.3) is 0 Å². The summed E-state index contributed by atoms with van der Waals surface area (Å²) in [4.78, 5) is 24.6. The first kappa shape index (κ1) is 11.3. The largest absolute Gasteiger partial charge is 0.504 e. The molecule has 19 heavy (non-hydrogen) atoms. The summed E-state index contributed by atoms with van der Waals surface area (Å²) in [6.07, 6.45) is 0. The van der Waals surface area contributed by atoms with Crippen LogP contribution in [0.25, 0.3) is 0 Å². The zero-order valence-corrected chi connectivity index (χ0v) is 9.68. The van der Waals surface area contributed by atoms with Gasteiger partial charge in [-0.05, 0) is 6.07 Å². The van der Waals surface area contributed by atoms with E-state index in [4.69, 9.17) is 5.73 Å². The molecule has 0 fully saturated rings. The number of hydrogen-bond acceptors (Lipinski definition) is 5. The Balaban J connectivity index is 2.40. The highest BCUT2D eigenvalue weighted by Crippen LogP contribution is 2.40. The number of carbonyl (C=O) groups is 2. The molecule has 0 atom stereocenters. The van der Waals surface area contributed by atoms with E-state index in [9.17, 15) is 19.8 Å². The average molecular weight is 255 g/mol. The van der Waals surface area contributed by atoms with Crippen molar-refractivity contribution in [1.29, 1.82) is 0 Å². The van der Waals surface area contributed by atoms with Crippen LogP contribution in [0.4, 0.5) is 5.69 Å². The Labute approximate surface area is 107 Å². The molecular formula is C14H9NO4. The topological polar surface area (TPSA) is 101 Å². The highest BCUT2D eigenvalue weighted by Gasteiger charge is 2.33. The van der Waals surface area contributed by atoms with Crippen LogP contribution in [0.1, 0.15) is 31.8 Å². The predicted molar refractivity (Wildman–Crippen MR) is 67.5 cm³/mol. The molecule has 5 heteroatoms. The Hall–Kier alpha value is -2.82. The van der Waals surface area contributed by atoms with Crippen LogP contribution in [0.3, 0.4) is 0 Å². The number of benzene rings is 2. The van der Waals surface area contributed by atoms with Gasteiger partial charge in [-0.1, -0.05) is 24.3 Å². The monoisotopic (exact) mass is 255 g/mol. The van der Waals surface area contributed by atoms with Gasteiger partial charge in [-0.3, -0.25) is 9.59 Å². The fourth-order valence-electron chi connectivity index (χ4n) is 2.26. The van der Waals surface area contributed by atoms with Gasteiger partial charge in [0.1, 0.15) is 0 Å². The van der Waals surface area contributed by atoms with Crippen LogP contribution >= 0.6 is 0 Å². The van der Waals surface area contributed by atoms with Gasteiger partial charge in [-0.25, -0.2) is 0 Å². The van der Waals surface area contributed by atoms with Gasteiger partial charge in [0.2, 0.25) is 0 Å². The van der Waals surface area contributed by atoms with E-state index in [0.29, 0.717) is 0 Å². The number of nitrogens with two attached hydrogens (primary N) is 1. The smallest absolute Gasteiger partial charge is 0.196 e. The summed E-state index contributed by atoms with van der Waals surface area (Å²) in [5, 5.41) is 19.1. The van der Waals surface area contributed by atoms with E-state index in [1.165, 1.54) is 6.07 Å². The molecule has 0 radical (unpaired) electrons. The normalized spacial score (nSPS) is 13.1. The number of nitrogen functional groups attached to an aromatic ring is 1. The quantitative estimate of drug-likeness (QED) is 0.417. The molecule has 4 N–H and O–H groups in total. The highest BCUT2D eigenvalue weighted by molar-refractivity contribution is 6.30. The minimum atomic E-state index is -0.584. The Morgan fingerprint density at radius 1 is 0.895 bits per heavy atom. The molecule has 0 amide bonds. The third-order valence-corrected chi connectivity index (χ3v) is 3.21. The number of phenolic OH excluding ortho intramolecular Hbond substituents is 2. The van der Waals surface area contributed by atoms with Crippen LogP contribution < -0.4 is 5.73 Å². The number of anilines is 1. The maximum Gasteiger partial charge on any atom is 0.196 e. The van der Waals surface area contributed by atoms with E-state index in [1.807, 2.05) is 0 Å². The first-order chi connectivity index (χ1) is 9.02. The van der Waals surface area contributed by atoms with Crippen molar-refractivity contribution in [3.05, 3.63) is 52.6 Å². The van der Waals surface area contributed by atoms with Crippen molar-refractivity contribution in [2.45, 2.75) is 0 Å². The fourth-order valence-corrected chi connectivity index (χ4v) is 2.26. The number of phenols is 2. The summed E-state index contributed by atoms with van der Waals surface area (Å²) < 4.78 is 0. The van der Waals surface area contributed by atoms with E-state index in [0.717, 1.165) is 6.07 Å². The molecule has 0 bridgehead atoms. The zero-order valence-electron chi connectivity index (χ0n) is 9.68. The summed E-state index contributed by atoms with van der Waals surface area (Å²) in [6.45, 7) is 0. The Kier molecular flexibility index (Phi) is 2.13. The van der Waals surface area contributed by atoms with Gasteiger partial charge < -0.3 is 15.9 Å². The van der Waals surface area contributed by atoms with Crippen molar-refractivity contribution in [3.8, 4) is 11.5 Å². The van der Waals surface area contributed by atoms with Gasteiger partial charge in [0, 0.05) is 16.7 Å². The van der Waals surface area contributed by atoms with Crippen LogP contribution in [0, 0.1) is 0 Å². The van der Waals surface area contributed by atoms with Crippen molar-refractivity contribution in [2.24, 2.45) is 0 Å². The summed E-state index contributed by atoms with van der Waals surface area (Å²) >= 11 is 0. The number of fused-ring (bicyclic) bond motifs is 2. The lowest BCUT2D eigenvalue weighted by molar-refractivity contribution is 0.0979. The van der Waals surface area contributed by atoms with Crippen molar-refractivity contribution in [3.63, 3.8) is 0 Å². The number of rotatable bonds is 0. The fraction of sp³-hybridized carbons (Fsp3) is 0. The molecule has 2 aromatic rings. The molecule has 5 nitrogen and oxygen atoms in total. The number of carbonyl (C=O) groups excluding carboxylic acids is 2. The predicted octanol–water partition coefficient (Wildman–Crippen LogP) is 1.46. The van der Waals surface area contributed by atoms with E-state index in [1.54, 1.807) is 18.2 Å². The standard InChI is InChI=1S/C14H9NO4/c15-11-10-8(5-9(16)14(11)19)12(17)6-3-1-2-4-7(6)13(10)18/h1-5,16,19H,15H2. The lowest BCUT2D eigenvalue weighted by Crippen LogP contribution is -2.22. The third kappa shape index (κ3) is 1.35. The lowest BCUT2D eigenvalue weighted by Gasteiger charge is -2.19. The summed E-state index contributed by atoms with van der Waals surface area (Å²) in [5.41, 5.74) is 5.83. The van der Waals surface area contributed by atoms with Crippen molar-refractivity contribution < 1.29 is 19.8 Å². The molecular weight excluding hydrogens is 246 g/mol. The Bertz CT molecular complexity index is 749. The Morgan fingerprint density at radius 3 is 2.11 bits per heavy atom. The molecule has 0 spiro atoms. The summed E-state index contributed by atoms with van der Waals surface area (Å²) in [6, 6.07) is 7.43. The van der Waals surface area contributed by atoms with Crippen LogP contribution in [-0.2, 0) is 0 Å². The molecule has 0 saturated carbocycles. The van der Waals surface area contributed by atoms with Gasteiger partial charge in [0.15, 0.2) is 23.1 Å². The van der Waals surface area contributed by atoms with Crippen LogP contribution in [0.2, 0.25) is 0 Å². The second-order valence-electron chi connectivity index (χ2n) is 4.28. The van der Waals surface area contributed by atoms with Gasteiger partial charge >= 0.3 is 0 Å². The Morgan fingerprint density at radius 2 is 1.47 bits per heavy atom. The van der Waals surface area contributed by atoms with E-state index in [-0.39, 0.29) is 27.9 Å². The van der Waals surface area contributed by atoms with E-state index in [2.05, 4.69) is 0 Å². The number of hydrogen-bond donors (Lipinski definition) is 3. The zero-order chi connectivity index (χ0) is 13.7. The van der Waals surface area contributed by atoms with Crippen molar-refractivity contribution in [1.82, 2.24) is 0 Å². The molecule has 2 aromatic carbocycles. The van der Waals surface area contributed by atoms with E-state index >= 15 is 0 Å². The first-order valence-corrected chi connectivity index (χ1v) is 5.55. The maximum atomic E-state index is 12.3. The summed E-state index contributed by atoms with van der Waals surface area (Å²) in [7, 11) is 0. The average Bonchev–Trinajstić information content (AvgIpc) is 2.42. The molecule has 0 unspecified atom stereocenters. The van der Waals surface area contributed by atoms with Crippen LogP contribution in [0.5, 0.6) is 11.5 Å². The first-order valence-electron chi connectivity index (χ1n) is 5.55. The van der Waals surface area contributed by atoms with Gasteiger partial charge in [0.05, 0.1) is 11.3 Å². The third-order valence-electron chi connectivity index (χ3n) is 3.21. The molecule has 0 saturated heterocycles. The highest BCUT2D eigenvalue weighted by atomic mass is 16.3. The lowest BCUT2D eigenvalue weighted by atomic mass is 9.83. The molecule has 0 aliphatic heterocycles. The van der Waals surface area contributed by atoms with Gasteiger partial charge in [-0.2, -0.15) is 0 Å². The minimum absolute atomic E-state index is 0.0106. The van der Waals surface area contributed by atoms with Crippen molar-refractivity contribution >= 4 is 17.3 Å². The maximum absolute atomic E-state index is 12.3. The van der Waals surface area contributed by atoms with Gasteiger partial charge in [-0.15, -0.1) is 0 Å². The van der Waals surface area contributed by atoms with Crippen molar-refractivity contribution in [2.75, 3.05) is 5.73 Å². The molecule has 1 aliphatic carbocycles. The number of ketones is 2. The molecule has 0 aromatic heterocycles. The molecule has 94 valence electrons. The minimum Gasteiger partial charge on any atom is -0.504 e. The molecule has 1 aliphatic rings. The second kappa shape index (κ2) is 3.58. The molecule has 3 rings (SSSR count). The number of aromatic hydroxyl groups is 2. The SMILES string of the molecule is Nc1c(O)c(O)cc2c1C(=O)c1ccccc1C2=O. The second-order valence-corrected chi connectivity index (χ2v) is 4.28. The molecule has 0 heterocycles. The summed E-state index contributed by atoms with van der Waals surface area (Å²) in [5.74, 6) is -1.93.